The smallest absolute Gasteiger partial charge is 0.416 e. The number of aryl methyl sites for hydroxylation is 1. The maximum Gasteiger partial charge on any atom is 0.416 e. The lowest BCUT2D eigenvalue weighted by Crippen LogP contribution is -2.38. The van der Waals surface area contributed by atoms with Gasteiger partial charge < -0.3 is 14.6 Å². The molecule has 1 atom stereocenters. The molecule has 1 fully saturated rings. The second-order valence-corrected chi connectivity index (χ2v) is 10.5. The van der Waals surface area contributed by atoms with E-state index >= 15 is 0 Å². The second-order valence-electron chi connectivity index (χ2n) is 9.07. The van der Waals surface area contributed by atoms with E-state index in [0.29, 0.717) is 21.8 Å². The number of hydrogen-bond donors (Lipinski definition) is 2. The van der Waals surface area contributed by atoms with Crippen LogP contribution in [-0.4, -0.2) is 33.0 Å². The highest BCUT2D eigenvalue weighted by molar-refractivity contribution is 7.20. The summed E-state index contributed by atoms with van der Waals surface area (Å²) in [4.78, 5) is 27.5. The average Bonchev–Trinajstić information content (AvgIpc) is 3.19. The number of aliphatic hydroxyl groups excluding tert-OH is 1. The van der Waals surface area contributed by atoms with Crippen molar-refractivity contribution in [2.45, 2.75) is 58.0 Å². The van der Waals surface area contributed by atoms with Gasteiger partial charge in [-0.25, -0.2) is 4.79 Å². The number of alkyl halides is 3. The Hall–Kier alpha value is -3.28. The van der Waals surface area contributed by atoms with Crippen molar-refractivity contribution in [2.75, 3.05) is 0 Å². The van der Waals surface area contributed by atoms with Gasteiger partial charge in [0.05, 0.1) is 23.1 Å². The summed E-state index contributed by atoms with van der Waals surface area (Å²) in [5.74, 6) is 1.38. The summed E-state index contributed by atoms with van der Waals surface area (Å²) in [5.41, 5.74) is -0.822. The van der Waals surface area contributed by atoms with E-state index in [2.05, 4.69) is 6.58 Å². The summed E-state index contributed by atoms with van der Waals surface area (Å²) in [6, 6.07) is 7.06. The van der Waals surface area contributed by atoms with Gasteiger partial charge in [0.15, 0.2) is 6.10 Å². The molecule has 208 valence electrons. The molecular formula is C27H26ClF3N2O5S. The molecule has 2 heterocycles. The first-order valence-corrected chi connectivity index (χ1v) is 13.3. The first-order valence-electron chi connectivity index (χ1n) is 12.1. The highest BCUT2D eigenvalue weighted by Crippen LogP contribution is 2.36. The van der Waals surface area contributed by atoms with Gasteiger partial charge in [-0.1, -0.05) is 24.3 Å². The van der Waals surface area contributed by atoms with Crippen LogP contribution in [0.5, 0.6) is 11.5 Å². The van der Waals surface area contributed by atoms with Gasteiger partial charge in [0.1, 0.15) is 22.1 Å². The lowest BCUT2D eigenvalue weighted by atomic mass is 9.96. The van der Waals surface area contributed by atoms with E-state index in [9.17, 15) is 27.9 Å². The van der Waals surface area contributed by atoms with Gasteiger partial charge in [0, 0.05) is 4.88 Å². The van der Waals surface area contributed by atoms with Crippen molar-refractivity contribution in [3.05, 3.63) is 85.1 Å². The standard InChI is InChI=1S/C27H26ClF3N2O5S/c1-4-16(12-20(28)15(3)37-18-8-10-19(11-9-18)38-17-6-5-7-17)23-14(2)22-24(35)32-26(36)33(25(22)39-23)13-21(34)27(29,30)31/h4,8-12,17,21,34H,3,5-7,13H2,1-2H3,(H,32,35,36)/b16-4+,20-12+/t21-/m1/s1. The van der Waals surface area contributed by atoms with E-state index in [1.165, 1.54) is 6.42 Å². The Kier molecular flexibility index (Phi) is 8.43. The van der Waals surface area contributed by atoms with E-state index < -0.39 is 30.1 Å². The molecule has 0 aliphatic heterocycles. The number of aliphatic hydroxyl groups is 1. The lowest BCUT2D eigenvalue weighted by Gasteiger charge is -2.26. The number of benzene rings is 1. The fourth-order valence-corrected chi connectivity index (χ4v) is 5.46. The normalized spacial score (nSPS) is 15.8. The summed E-state index contributed by atoms with van der Waals surface area (Å²) in [5, 5.41) is 9.75. The summed E-state index contributed by atoms with van der Waals surface area (Å²) >= 11 is 7.43. The summed E-state index contributed by atoms with van der Waals surface area (Å²) in [6.07, 6.45) is -0.966. The third-order valence-corrected chi connectivity index (χ3v) is 8.02. The summed E-state index contributed by atoms with van der Waals surface area (Å²) in [7, 11) is 0. The average molecular weight is 583 g/mol. The Labute approximate surface area is 230 Å². The maximum atomic E-state index is 13.0. The quantitative estimate of drug-likeness (QED) is 0.237. The number of ether oxygens (including phenoxy) is 2. The van der Waals surface area contributed by atoms with Gasteiger partial charge in [0.25, 0.3) is 5.56 Å². The SMILES string of the molecule is C=C(Oc1ccc(OC2CCC2)cc1)/C(Cl)=C\C(=C/C)c1sc2c(c1C)c(=O)[nH]c(=O)n2C[C@@H](O)C(F)(F)F. The van der Waals surface area contributed by atoms with Gasteiger partial charge >= 0.3 is 11.9 Å². The predicted molar refractivity (Wildman–Crippen MR) is 146 cm³/mol. The van der Waals surface area contributed by atoms with Crippen molar-refractivity contribution >= 4 is 38.7 Å². The topological polar surface area (TPSA) is 93.5 Å². The number of aromatic amines is 1. The molecule has 39 heavy (non-hydrogen) atoms. The predicted octanol–water partition coefficient (Wildman–Crippen LogP) is 6.03. The van der Waals surface area contributed by atoms with Crippen LogP contribution < -0.4 is 20.7 Å². The fraction of sp³-hybridized carbons (Fsp3) is 0.333. The van der Waals surface area contributed by atoms with Crippen molar-refractivity contribution in [1.29, 1.82) is 0 Å². The number of allylic oxidation sites excluding steroid dienone is 4. The zero-order valence-corrected chi connectivity index (χ0v) is 22.7. The molecule has 0 saturated heterocycles. The van der Waals surface area contributed by atoms with Gasteiger partial charge in [0.2, 0.25) is 0 Å². The largest absolute Gasteiger partial charge is 0.490 e. The highest BCUT2D eigenvalue weighted by Gasteiger charge is 2.39. The molecule has 0 unspecified atom stereocenters. The Morgan fingerprint density at radius 2 is 1.92 bits per heavy atom. The molecule has 0 amide bonds. The van der Waals surface area contributed by atoms with Gasteiger partial charge in [-0.2, -0.15) is 13.2 Å². The molecule has 2 N–H and O–H groups in total. The number of rotatable bonds is 9. The van der Waals surface area contributed by atoms with Gasteiger partial charge in [-0.05, 0) is 74.6 Å². The number of H-pyrrole nitrogens is 1. The van der Waals surface area contributed by atoms with Crippen LogP contribution in [0.3, 0.4) is 0 Å². The van der Waals surface area contributed by atoms with Crippen molar-refractivity contribution in [3.8, 4) is 11.5 Å². The van der Waals surface area contributed by atoms with Crippen LogP contribution in [0.2, 0.25) is 0 Å². The number of halogens is 4. The number of fused-ring (bicyclic) bond motifs is 1. The van der Waals surface area contributed by atoms with Crippen LogP contribution >= 0.6 is 22.9 Å². The molecular weight excluding hydrogens is 557 g/mol. The molecule has 0 spiro atoms. The Morgan fingerprint density at radius 1 is 1.28 bits per heavy atom. The van der Waals surface area contributed by atoms with E-state index in [4.69, 9.17) is 21.1 Å². The molecule has 12 heteroatoms. The number of nitrogens with one attached hydrogen (secondary N) is 1. The molecule has 1 saturated carbocycles. The zero-order chi connectivity index (χ0) is 28.5. The minimum Gasteiger partial charge on any atom is -0.490 e. The van der Waals surface area contributed by atoms with Crippen molar-refractivity contribution in [3.63, 3.8) is 0 Å². The molecule has 1 aliphatic carbocycles. The number of aromatic nitrogens is 2. The molecule has 7 nitrogen and oxygen atoms in total. The van der Waals surface area contributed by atoms with Crippen molar-refractivity contribution < 1.29 is 27.8 Å². The number of nitrogens with zero attached hydrogens (tertiary/aromatic N) is 1. The molecule has 2 aromatic heterocycles. The third-order valence-electron chi connectivity index (χ3n) is 6.34. The third kappa shape index (κ3) is 6.32. The van der Waals surface area contributed by atoms with Gasteiger partial charge in [-0.3, -0.25) is 14.3 Å². The Morgan fingerprint density at radius 3 is 2.49 bits per heavy atom. The van der Waals surface area contributed by atoms with Crippen molar-refractivity contribution in [1.82, 2.24) is 9.55 Å². The van der Waals surface area contributed by atoms with Crippen LogP contribution in [0.15, 0.2) is 63.4 Å². The molecule has 1 aromatic carbocycles. The number of thiophene rings is 1. The lowest BCUT2D eigenvalue weighted by molar-refractivity contribution is -0.207. The van der Waals surface area contributed by atoms with Gasteiger partial charge in [-0.15, -0.1) is 11.3 Å². The molecule has 1 aliphatic rings. The molecule has 0 bridgehead atoms. The number of hydrogen-bond acceptors (Lipinski definition) is 6. The van der Waals surface area contributed by atoms with E-state index in [1.54, 1.807) is 50.3 Å². The Bertz CT molecular complexity index is 1560. The molecule has 0 radical (unpaired) electrons. The second kappa shape index (κ2) is 11.4. The summed E-state index contributed by atoms with van der Waals surface area (Å²) in [6.45, 7) is 6.14. The van der Waals surface area contributed by atoms with Crippen LogP contribution in [0.4, 0.5) is 13.2 Å². The van der Waals surface area contributed by atoms with Crippen LogP contribution in [0.1, 0.15) is 36.6 Å². The fourth-order valence-electron chi connectivity index (χ4n) is 3.95. The maximum absolute atomic E-state index is 13.0. The zero-order valence-electron chi connectivity index (χ0n) is 21.1. The van der Waals surface area contributed by atoms with Crippen molar-refractivity contribution in [2.24, 2.45) is 0 Å². The first kappa shape index (κ1) is 28.7. The van der Waals surface area contributed by atoms with E-state index in [-0.39, 0.29) is 27.1 Å². The minimum atomic E-state index is -4.94. The van der Waals surface area contributed by atoms with Crippen LogP contribution in [-0.2, 0) is 6.54 Å². The Balaban J connectivity index is 1.59. The summed E-state index contributed by atoms with van der Waals surface area (Å²) < 4.78 is 51.3. The van der Waals surface area contributed by atoms with E-state index in [1.807, 2.05) is 4.98 Å². The highest BCUT2D eigenvalue weighted by atomic mass is 35.5. The monoisotopic (exact) mass is 582 g/mol. The van der Waals surface area contributed by atoms with Crippen LogP contribution in [0, 0.1) is 6.92 Å². The van der Waals surface area contributed by atoms with E-state index in [0.717, 1.165) is 34.5 Å². The first-order chi connectivity index (χ1) is 18.4. The van der Waals surface area contributed by atoms with Crippen LogP contribution in [0.25, 0.3) is 15.8 Å². The molecule has 3 aromatic rings. The molecule has 4 rings (SSSR count). The minimum absolute atomic E-state index is 0.00251.